The van der Waals surface area contributed by atoms with Gasteiger partial charge in [-0.2, -0.15) is 13.2 Å². The quantitative estimate of drug-likeness (QED) is 0.611. The highest BCUT2D eigenvalue weighted by Crippen LogP contribution is 2.19. The van der Waals surface area contributed by atoms with Crippen LogP contribution in [0, 0.1) is 0 Å². The van der Waals surface area contributed by atoms with E-state index in [-0.39, 0.29) is 5.69 Å². The maximum Gasteiger partial charge on any atom is 0.394 e. The van der Waals surface area contributed by atoms with Crippen LogP contribution in [0.25, 0.3) is 0 Å². The monoisotopic (exact) mass is 151 g/mol. The molecule has 1 aromatic rings. The summed E-state index contributed by atoms with van der Waals surface area (Å²) in [6, 6.07) is 1.19. The van der Waals surface area contributed by atoms with Crippen molar-refractivity contribution in [3.63, 3.8) is 0 Å². The van der Waals surface area contributed by atoms with E-state index in [1.54, 1.807) is 0 Å². The van der Waals surface area contributed by atoms with Crippen LogP contribution in [0.5, 0.6) is 0 Å². The summed E-state index contributed by atoms with van der Waals surface area (Å²) in [5.41, 5.74) is -0.0903. The first kappa shape index (κ1) is 7.11. The standard InChI is InChI=1S/C5H4F3NO/c6-5(7,8)3-4-1-2-10-9-4/h1-2H,3H2. The molecule has 0 amide bonds. The van der Waals surface area contributed by atoms with Gasteiger partial charge in [-0.3, -0.25) is 0 Å². The van der Waals surface area contributed by atoms with Crippen molar-refractivity contribution in [1.82, 2.24) is 5.16 Å². The second-order valence-electron chi connectivity index (χ2n) is 1.78. The highest BCUT2D eigenvalue weighted by atomic mass is 19.4. The van der Waals surface area contributed by atoms with E-state index in [9.17, 15) is 13.2 Å². The molecule has 0 aliphatic heterocycles. The summed E-state index contributed by atoms with van der Waals surface area (Å²) in [5.74, 6) is 0. The Morgan fingerprint density at radius 1 is 1.50 bits per heavy atom. The van der Waals surface area contributed by atoms with E-state index < -0.39 is 12.6 Å². The summed E-state index contributed by atoms with van der Waals surface area (Å²) in [6.07, 6.45) is -4.11. The maximum absolute atomic E-state index is 11.5. The molecule has 0 aromatic carbocycles. The van der Waals surface area contributed by atoms with Gasteiger partial charge in [0.1, 0.15) is 6.26 Å². The summed E-state index contributed by atoms with van der Waals surface area (Å²) < 4.78 is 38.8. The van der Waals surface area contributed by atoms with Gasteiger partial charge in [0.15, 0.2) is 0 Å². The lowest BCUT2D eigenvalue weighted by molar-refractivity contribution is -0.128. The predicted molar refractivity (Wildman–Crippen MR) is 26.3 cm³/mol. The van der Waals surface area contributed by atoms with Gasteiger partial charge in [0, 0.05) is 6.07 Å². The maximum atomic E-state index is 11.5. The fraction of sp³-hybridized carbons (Fsp3) is 0.400. The number of hydrogen-bond acceptors (Lipinski definition) is 2. The molecule has 0 N–H and O–H groups in total. The molecule has 1 heterocycles. The molecular formula is C5H4F3NO. The van der Waals surface area contributed by atoms with Gasteiger partial charge in [-0.1, -0.05) is 5.16 Å². The minimum Gasteiger partial charge on any atom is -0.365 e. The number of aromatic nitrogens is 1. The lowest BCUT2D eigenvalue weighted by Gasteiger charge is -2.00. The average Bonchev–Trinajstić information content (AvgIpc) is 2.12. The fourth-order valence-corrected chi connectivity index (χ4v) is 0.534. The molecule has 0 bridgehead atoms. The van der Waals surface area contributed by atoms with Gasteiger partial charge in [0.25, 0.3) is 0 Å². The minimum atomic E-state index is -4.20. The van der Waals surface area contributed by atoms with Crippen LogP contribution < -0.4 is 0 Å². The molecule has 5 heteroatoms. The van der Waals surface area contributed by atoms with Crippen LogP contribution in [0.2, 0.25) is 0 Å². The Bertz CT molecular complexity index is 191. The molecule has 0 spiro atoms. The van der Waals surface area contributed by atoms with Crippen molar-refractivity contribution >= 4 is 0 Å². The zero-order chi connectivity index (χ0) is 7.61. The highest BCUT2D eigenvalue weighted by molar-refractivity contribution is 4.96. The minimum absolute atomic E-state index is 0.0903. The zero-order valence-corrected chi connectivity index (χ0v) is 4.85. The largest absolute Gasteiger partial charge is 0.394 e. The van der Waals surface area contributed by atoms with Gasteiger partial charge in [0.05, 0.1) is 12.1 Å². The lowest BCUT2D eigenvalue weighted by atomic mass is 10.3. The Balaban J connectivity index is 2.57. The lowest BCUT2D eigenvalue weighted by Crippen LogP contribution is -2.11. The molecule has 0 atom stereocenters. The highest BCUT2D eigenvalue weighted by Gasteiger charge is 2.28. The molecule has 0 saturated heterocycles. The fourth-order valence-electron chi connectivity index (χ4n) is 0.534. The van der Waals surface area contributed by atoms with Gasteiger partial charge in [0.2, 0.25) is 0 Å². The Kier molecular flexibility index (Phi) is 1.65. The third kappa shape index (κ3) is 2.08. The van der Waals surface area contributed by atoms with Crippen molar-refractivity contribution in [3.05, 3.63) is 18.0 Å². The van der Waals surface area contributed by atoms with E-state index in [1.165, 1.54) is 6.07 Å². The number of halogens is 3. The summed E-state index contributed by atoms with van der Waals surface area (Å²) in [7, 11) is 0. The van der Waals surface area contributed by atoms with Crippen molar-refractivity contribution in [3.8, 4) is 0 Å². The second kappa shape index (κ2) is 2.32. The molecule has 1 aromatic heterocycles. The topological polar surface area (TPSA) is 26.0 Å². The van der Waals surface area contributed by atoms with E-state index in [1.807, 2.05) is 0 Å². The van der Waals surface area contributed by atoms with Gasteiger partial charge in [-0.15, -0.1) is 0 Å². The Morgan fingerprint density at radius 3 is 2.60 bits per heavy atom. The number of nitrogens with zero attached hydrogens (tertiary/aromatic N) is 1. The molecule has 1 rings (SSSR count). The van der Waals surface area contributed by atoms with Gasteiger partial charge < -0.3 is 4.52 Å². The smallest absolute Gasteiger partial charge is 0.365 e. The molecule has 0 radical (unpaired) electrons. The van der Waals surface area contributed by atoms with Crippen LogP contribution in [0.1, 0.15) is 5.69 Å². The molecule has 2 nitrogen and oxygen atoms in total. The molecule has 56 valence electrons. The zero-order valence-electron chi connectivity index (χ0n) is 4.85. The van der Waals surface area contributed by atoms with Crippen LogP contribution in [0.4, 0.5) is 13.2 Å². The first-order valence-electron chi connectivity index (χ1n) is 2.54. The van der Waals surface area contributed by atoms with Crippen molar-refractivity contribution in [2.24, 2.45) is 0 Å². The molecule has 0 saturated carbocycles. The number of hydrogen-bond donors (Lipinski definition) is 0. The summed E-state index contributed by atoms with van der Waals surface area (Å²) in [4.78, 5) is 0. The van der Waals surface area contributed by atoms with E-state index >= 15 is 0 Å². The van der Waals surface area contributed by atoms with Crippen molar-refractivity contribution in [1.29, 1.82) is 0 Å². The summed E-state index contributed by atoms with van der Waals surface area (Å²) in [5, 5.41) is 3.11. The average molecular weight is 151 g/mol. The van der Waals surface area contributed by atoms with Crippen molar-refractivity contribution in [2.45, 2.75) is 12.6 Å². The third-order valence-corrected chi connectivity index (χ3v) is 0.873. The van der Waals surface area contributed by atoms with E-state index in [0.717, 1.165) is 6.26 Å². The Labute approximate surface area is 54.6 Å². The predicted octanol–water partition coefficient (Wildman–Crippen LogP) is 1.78. The van der Waals surface area contributed by atoms with E-state index in [0.29, 0.717) is 0 Å². The molecular weight excluding hydrogens is 147 g/mol. The SMILES string of the molecule is FC(F)(F)Cc1ccon1. The first-order valence-corrected chi connectivity index (χ1v) is 2.54. The normalized spacial score (nSPS) is 11.9. The molecule has 0 aliphatic carbocycles. The van der Waals surface area contributed by atoms with E-state index in [4.69, 9.17) is 0 Å². The van der Waals surface area contributed by atoms with Crippen LogP contribution >= 0.6 is 0 Å². The summed E-state index contributed by atoms with van der Waals surface area (Å²) in [6.45, 7) is 0. The van der Waals surface area contributed by atoms with Crippen molar-refractivity contribution < 1.29 is 17.7 Å². The third-order valence-electron chi connectivity index (χ3n) is 0.873. The molecule has 0 aliphatic rings. The van der Waals surface area contributed by atoms with Crippen LogP contribution in [-0.2, 0) is 6.42 Å². The van der Waals surface area contributed by atoms with Crippen LogP contribution in [0.3, 0.4) is 0 Å². The van der Waals surface area contributed by atoms with Gasteiger partial charge in [-0.05, 0) is 0 Å². The van der Waals surface area contributed by atoms with Gasteiger partial charge in [-0.25, -0.2) is 0 Å². The molecule has 0 unspecified atom stereocenters. The first-order chi connectivity index (χ1) is 4.58. The number of rotatable bonds is 1. The Morgan fingerprint density at radius 2 is 2.20 bits per heavy atom. The Hall–Kier alpha value is -1.00. The van der Waals surface area contributed by atoms with Crippen LogP contribution in [-0.4, -0.2) is 11.3 Å². The van der Waals surface area contributed by atoms with E-state index in [2.05, 4.69) is 9.68 Å². The summed E-state index contributed by atoms with van der Waals surface area (Å²) >= 11 is 0. The number of alkyl halides is 3. The molecule has 10 heavy (non-hydrogen) atoms. The molecule has 0 fully saturated rings. The second-order valence-corrected chi connectivity index (χ2v) is 1.78. The van der Waals surface area contributed by atoms with Crippen molar-refractivity contribution in [2.75, 3.05) is 0 Å². The van der Waals surface area contributed by atoms with Gasteiger partial charge >= 0.3 is 6.18 Å². The van der Waals surface area contributed by atoms with Crippen LogP contribution in [0.15, 0.2) is 16.9 Å².